The molecule has 0 fully saturated rings. The van der Waals surface area contributed by atoms with Crippen LogP contribution < -0.4 is 0 Å². The molecule has 152 valence electrons. The maximum atomic E-state index is 13.0. The van der Waals surface area contributed by atoms with Crippen LogP contribution in [0.2, 0.25) is 0 Å². The fourth-order valence-corrected chi connectivity index (χ4v) is 1.25. The molecule has 0 saturated carbocycles. The van der Waals surface area contributed by atoms with Crippen LogP contribution in [-0.2, 0) is 0 Å². The van der Waals surface area contributed by atoms with E-state index in [1.165, 1.54) is 0 Å². The lowest BCUT2D eigenvalue weighted by Crippen LogP contribution is -2.74. The van der Waals surface area contributed by atoms with E-state index in [0.717, 1.165) is 0 Å². The van der Waals surface area contributed by atoms with Gasteiger partial charge in [-0.2, -0.15) is 57.1 Å². The molecule has 2 N–H and O–H groups in total. The lowest BCUT2D eigenvalue weighted by Gasteiger charge is -2.42. The van der Waals surface area contributed by atoms with Crippen molar-refractivity contribution in [1.82, 2.24) is 0 Å². The van der Waals surface area contributed by atoms with Crippen LogP contribution in [0.5, 0.6) is 0 Å². The van der Waals surface area contributed by atoms with Crippen LogP contribution in [0.25, 0.3) is 0 Å². The van der Waals surface area contributed by atoms with Crippen molar-refractivity contribution in [2.24, 2.45) is 0 Å². The Kier molecular flexibility index (Phi) is 5.48. The summed E-state index contributed by atoms with van der Waals surface area (Å²) in [6, 6.07) is -6.65. The van der Waals surface area contributed by atoms with Crippen molar-refractivity contribution in [2.75, 3.05) is 0 Å². The topological polar surface area (TPSA) is 40.5 Å². The zero-order valence-corrected chi connectivity index (χ0v) is 11.3. The van der Waals surface area contributed by atoms with Gasteiger partial charge in [0.25, 0.3) is 0 Å². The monoisotopic (exact) mass is 412 g/mol. The summed E-state index contributed by atoms with van der Waals surface area (Å²) in [4.78, 5) is 0. The van der Waals surface area contributed by atoms with Crippen LogP contribution in [0.1, 0.15) is 6.92 Å². The van der Waals surface area contributed by atoms with Crippen LogP contribution in [0, 0.1) is 0 Å². The molecule has 25 heavy (non-hydrogen) atoms. The van der Waals surface area contributed by atoms with E-state index in [9.17, 15) is 61.5 Å². The Hall–Kier alpha value is -1.06. The predicted molar refractivity (Wildman–Crippen MR) is 48.5 cm³/mol. The van der Waals surface area contributed by atoms with Gasteiger partial charge >= 0.3 is 41.6 Å². The van der Waals surface area contributed by atoms with E-state index in [1.54, 1.807) is 0 Å². The minimum Gasteiger partial charge on any atom is -0.335 e. The van der Waals surface area contributed by atoms with Gasteiger partial charge in [-0.05, 0) is 6.92 Å². The molecule has 0 radical (unpaired) electrons. The van der Waals surface area contributed by atoms with Gasteiger partial charge in [-0.15, -0.1) is 0 Å². The Morgan fingerprint density at radius 1 is 0.520 bits per heavy atom. The van der Waals surface area contributed by atoms with Gasteiger partial charge in [-0.1, -0.05) is 0 Å². The molecule has 0 aromatic carbocycles. The molecule has 1 atom stereocenters. The van der Waals surface area contributed by atoms with E-state index < -0.39 is 54.7 Å². The summed E-state index contributed by atoms with van der Waals surface area (Å²) in [7, 11) is 0. The number of halogens is 14. The van der Waals surface area contributed by atoms with E-state index >= 15 is 0 Å². The first-order chi connectivity index (χ1) is 10.4. The number of hydrogen-bond donors (Lipinski definition) is 2. The molecule has 0 amide bonds. The zero-order chi connectivity index (χ0) is 21.1. The summed E-state index contributed by atoms with van der Waals surface area (Å²) in [5, 5.41) is 15.3. The molecule has 0 heterocycles. The molecule has 2 nitrogen and oxygen atoms in total. The standard InChI is InChI=1S/C9H6F14O2/c1-2(10)3(11,12)4(13,14)5(15,16)6(17,18)7(19,20)8(21,22)9(23,24)25/h2,24-25H,1H3. The second-order valence-electron chi connectivity index (χ2n) is 4.70. The molecule has 16 heteroatoms. The molecule has 0 aromatic heterocycles. The molecular weight excluding hydrogens is 406 g/mol. The molecule has 0 aliphatic heterocycles. The van der Waals surface area contributed by atoms with Gasteiger partial charge in [0.05, 0.1) is 0 Å². The Balaban J connectivity index is 6.50. The molecule has 1 unspecified atom stereocenters. The lowest BCUT2D eigenvalue weighted by atomic mass is 9.89. The third kappa shape index (κ3) is 2.90. The molecule has 0 aromatic rings. The predicted octanol–water partition coefficient (Wildman–Crippen LogP) is 3.76. The van der Waals surface area contributed by atoms with Crippen molar-refractivity contribution in [1.29, 1.82) is 0 Å². The largest absolute Gasteiger partial charge is 0.400 e. The third-order valence-corrected chi connectivity index (χ3v) is 2.90. The van der Waals surface area contributed by atoms with Crippen LogP contribution in [-0.4, -0.2) is 58.0 Å². The minimum atomic E-state index is -8.21. The summed E-state index contributed by atoms with van der Waals surface area (Å²) in [6.45, 7) is -0.567. The smallest absolute Gasteiger partial charge is 0.335 e. The summed E-state index contributed by atoms with van der Waals surface area (Å²) in [5.41, 5.74) is 0. The van der Waals surface area contributed by atoms with Crippen molar-refractivity contribution in [3.63, 3.8) is 0 Å². The zero-order valence-electron chi connectivity index (χ0n) is 11.3. The van der Waals surface area contributed by atoms with E-state index in [2.05, 4.69) is 0 Å². The van der Waals surface area contributed by atoms with Gasteiger partial charge in [0.2, 0.25) is 0 Å². The summed E-state index contributed by atoms with van der Waals surface area (Å²) in [5.74, 6) is -46.4. The maximum Gasteiger partial charge on any atom is 0.400 e. The minimum absolute atomic E-state index is 0.567. The molecular formula is C9H6F14O2. The van der Waals surface area contributed by atoms with Gasteiger partial charge < -0.3 is 10.2 Å². The van der Waals surface area contributed by atoms with Gasteiger partial charge in [0.1, 0.15) is 0 Å². The fourth-order valence-electron chi connectivity index (χ4n) is 1.25. The Labute approximate surface area is 128 Å². The van der Waals surface area contributed by atoms with Gasteiger partial charge in [0, 0.05) is 0 Å². The van der Waals surface area contributed by atoms with Gasteiger partial charge in [-0.25, -0.2) is 4.39 Å². The normalized spacial score (nSPS) is 17.6. The Bertz CT molecular complexity index is 491. The summed E-state index contributed by atoms with van der Waals surface area (Å²) in [6.07, 6.45) is -4.35. The molecule has 0 saturated heterocycles. The SMILES string of the molecule is CC(F)C(F)(F)C(F)(F)C(F)(F)C(F)(F)C(F)(F)C(F)(F)C(O)(O)F. The summed E-state index contributed by atoms with van der Waals surface area (Å²) >= 11 is 0. The van der Waals surface area contributed by atoms with E-state index in [1.807, 2.05) is 0 Å². The second-order valence-corrected chi connectivity index (χ2v) is 4.70. The van der Waals surface area contributed by atoms with Gasteiger partial charge in [-0.3, -0.25) is 0 Å². The van der Waals surface area contributed by atoms with E-state index in [-0.39, 0.29) is 0 Å². The van der Waals surface area contributed by atoms with Crippen LogP contribution in [0.3, 0.4) is 0 Å². The van der Waals surface area contributed by atoms with E-state index in [0.29, 0.717) is 0 Å². The Morgan fingerprint density at radius 2 is 0.760 bits per heavy atom. The molecule has 0 rings (SSSR count). The fraction of sp³-hybridized carbons (Fsp3) is 1.00. The lowest BCUT2D eigenvalue weighted by molar-refractivity contribution is -0.474. The van der Waals surface area contributed by atoms with Crippen molar-refractivity contribution >= 4 is 0 Å². The molecule has 0 bridgehead atoms. The number of alkyl halides is 14. The highest BCUT2D eigenvalue weighted by Crippen LogP contribution is 2.61. The third-order valence-electron chi connectivity index (χ3n) is 2.90. The highest BCUT2D eigenvalue weighted by Gasteiger charge is 2.93. The quantitative estimate of drug-likeness (QED) is 0.494. The molecule has 0 aliphatic rings. The molecule has 0 spiro atoms. The highest BCUT2D eigenvalue weighted by atomic mass is 19.4. The van der Waals surface area contributed by atoms with E-state index in [4.69, 9.17) is 10.2 Å². The van der Waals surface area contributed by atoms with Crippen molar-refractivity contribution in [2.45, 2.75) is 54.7 Å². The Morgan fingerprint density at radius 3 is 1.00 bits per heavy atom. The highest BCUT2D eigenvalue weighted by molar-refractivity contribution is 5.13. The van der Waals surface area contributed by atoms with Crippen LogP contribution in [0.4, 0.5) is 61.5 Å². The first-order valence-electron chi connectivity index (χ1n) is 5.49. The number of rotatable bonds is 7. The second kappa shape index (κ2) is 5.72. The average molecular weight is 412 g/mol. The van der Waals surface area contributed by atoms with Crippen LogP contribution in [0.15, 0.2) is 0 Å². The van der Waals surface area contributed by atoms with Crippen LogP contribution >= 0.6 is 0 Å². The van der Waals surface area contributed by atoms with Gasteiger partial charge in [0.15, 0.2) is 6.17 Å². The maximum absolute atomic E-state index is 13.0. The first kappa shape index (κ1) is 23.9. The van der Waals surface area contributed by atoms with Crippen molar-refractivity contribution < 1.29 is 71.7 Å². The average Bonchev–Trinajstić information content (AvgIpc) is 2.35. The molecule has 0 aliphatic carbocycles. The number of hydrogen-bond acceptors (Lipinski definition) is 2. The van der Waals surface area contributed by atoms with Crippen molar-refractivity contribution in [3.8, 4) is 0 Å². The number of aliphatic hydroxyl groups is 2. The summed E-state index contributed by atoms with van der Waals surface area (Å²) < 4.78 is 179. The van der Waals surface area contributed by atoms with Crippen molar-refractivity contribution in [3.05, 3.63) is 0 Å². The first-order valence-corrected chi connectivity index (χ1v) is 5.49.